The third-order valence-corrected chi connectivity index (χ3v) is 3.64. The third kappa shape index (κ3) is 3.70. The van der Waals surface area contributed by atoms with Crippen LogP contribution in [0.15, 0.2) is 0 Å². The minimum Gasteiger partial charge on any atom is -0.392 e. The van der Waals surface area contributed by atoms with Crippen molar-refractivity contribution in [3.8, 4) is 0 Å². The lowest BCUT2D eigenvalue weighted by Gasteiger charge is -2.26. The molecule has 0 aromatic rings. The highest BCUT2D eigenvalue weighted by Gasteiger charge is 2.24. The van der Waals surface area contributed by atoms with Crippen molar-refractivity contribution in [1.29, 1.82) is 0 Å². The van der Waals surface area contributed by atoms with E-state index in [2.05, 4.69) is 10.2 Å². The van der Waals surface area contributed by atoms with Gasteiger partial charge in [-0.1, -0.05) is 0 Å². The smallest absolute Gasteiger partial charge is 0.0693 e. The van der Waals surface area contributed by atoms with Gasteiger partial charge in [-0.2, -0.15) is 0 Å². The van der Waals surface area contributed by atoms with Crippen molar-refractivity contribution < 1.29 is 9.84 Å². The first-order chi connectivity index (χ1) is 7.86. The fourth-order valence-electron chi connectivity index (χ4n) is 2.59. The van der Waals surface area contributed by atoms with Gasteiger partial charge >= 0.3 is 0 Å². The SMILES string of the molecule is O[C@H]1CCC[C@@H]1NCCCN1CCOCC1. The average Bonchev–Trinajstić information content (AvgIpc) is 2.72. The molecule has 1 saturated heterocycles. The highest BCUT2D eigenvalue weighted by molar-refractivity contribution is 4.82. The van der Waals surface area contributed by atoms with Gasteiger partial charge in [0.15, 0.2) is 0 Å². The van der Waals surface area contributed by atoms with Gasteiger partial charge in [0, 0.05) is 19.1 Å². The predicted octanol–water partition coefficient (Wildman–Crippen LogP) is 0.212. The zero-order valence-corrected chi connectivity index (χ0v) is 10.0. The first-order valence-electron chi connectivity index (χ1n) is 6.58. The molecular formula is C12H24N2O2. The predicted molar refractivity (Wildman–Crippen MR) is 63.5 cm³/mol. The van der Waals surface area contributed by atoms with E-state index in [4.69, 9.17) is 4.74 Å². The number of nitrogens with zero attached hydrogens (tertiary/aromatic N) is 1. The summed E-state index contributed by atoms with van der Waals surface area (Å²) < 4.78 is 5.31. The lowest BCUT2D eigenvalue weighted by atomic mass is 10.2. The van der Waals surface area contributed by atoms with Crippen molar-refractivity contribution in [2.45, 2.75) is 37.8 Å². The summed E-state index contributed by atoms with van der Waals surface area (Å²) in [7, 11) is 0. The second kappa shape index (κ2) is 6.55. The molecule has 4 heteroatoms. The molecule has 94 valence electrons. The maximum absolute atomic E-state index is 9.65. The maximum Gasteiger partial charge on any atom is 0.0693 e. The molecule has 16 heavy (non-hydrogen) atoms. The summed E-state index contributed by atoms with van der Waals surface area (Å²) in [5, 5.41) is 13.1. The van der Waals surface area contributed by atoms with E-state index in [0.717, 1.165) is 52.2 Å². The Balaban J connectivity index is 1.51. The molecule has 0 aromatic carbocycles. The molecule has 1 aliphatic carbocycles. The van der Waals surface area contributed by atoms with Crippen molar-refractivity contribution in [3.05, 3.63) is 0 Å². The topological polar surface area (TPSA) is 44.7 Å². The number of nitrogens with one attached hydrogen (secondary N) is 1. The summed E-state index contributed by atoms with van der Waals surface area (Å²) in [6, 6.07) is 0.352. The van der Waals surface area contributed by atoms with Crippen LogP contribution < -0.4 is 5.32 Å². The maximum atomic E-state index is 9.65. The lowest BCUT2D eigenvalue weighted by molar-refractivity contribution is 0.0372. The van der Waals surface area contributed by atoms with E-state index >= 15 is 0 Å². The summed E-state index contributed by atoms with van der Waals surface area (Å²) in [5.74, 6) is 0. The van der Waals surface area contributed by atoms with Gasteiger partial charge in [-0.25, -0.2) is 0 Å². The van der Waals surface area contributed by atoms with Crippen molar-refractivity contribution in [3.63, 3.8) is 0 Å². The molecule has 2 fully saturated rings. The molecule has 1 heterocycles. The molecule has 2 aliphatic rings. The number of aliphatic hydroxyl groups is 1. The van der Waals surface area contributed by atoms with Crippen molar-refractivity contribution >= 4 is 0 Å². The van der Waals surface area contributed by atoms with Crippen LogP contribution in [0.2, 0.25) is 0 Å². The minimum absolute atomic E-state index is 0.108. The van der Waals surface area contributed by atoms with E-state index in [1.807, 2.05) is 0 Å². The summed E-state index contributed by atoms with van der Waals surface area (Å²) in [4.78, 5) is 2.45. The monoisotopic (exact) mass is 228 g/mol. The molecule has 0 amide bonds. The fraction of sp³-hybridized carbons (Fsp3) is 1.00. The van der Waals surface area contributed by atoms with Crippen LogP contribution in [0.5, 0.6) is 0 Å². The summed E-state index contributed by atoms with van der Waals surface area (Å²) in [6.45, 7) is 6.10. The Morgan fingerprint density at radius 3 is 2.75 bits per heavy atom. The Hall–Kier alpha value is -0.160. The highest BCUT2D eigenvalue weighted by Crippen LogP contribution is 2.18. The van der Waals surface area contributed by atoms with Crippen LogP contribution in [0, 0.1) is 0 Å². The Kier molecular flexibility index (Phi) is 5.03. The van der Waals surface area contributed by atoms with E-state index in [1.54, 1.807) is 0 Å². The van der Waals surface area contributed by atoms with Crippen LogP contribution in [0.1, 0.15) is 25.7 Å². The first-order valence-corrected chi connectivity index (χ1v) is 6.58. The van der Waals surface area contributed by atoms with E-state index in [9.17, 15) is 5.11 Å². The van der Waals surface area contributed by atoms with E-state index in [1.165, 1.54) is 12.8 Å². The van der Waals surface area contributed by atoms with Gasteiger partial charge in [-0.3, -0.25) is 4.90 Å². The van der Waals surface area contributed by atoms with Crippen molar-refractivity contribution in [2.75, 3.05) is 39.4 Å². The summed E-state index contributed by atoms with van der Waals surface area (Å²) in [5.41, 5.74) is 0. The Bertz CT molecular complexity index is 195. The second-order valence-electron chi connectivity index (χ2n) is 4.87. The highest BCUT2D eigenvalue weighted by atomic mass is 16.5. The zero-order valence-electron chi connectivity index (χ0n) is 10.0. The van der Waals surface area contributed by atoms with Crippen molar-refractivity contribution in [2.24, 2.45) is 0 Å². The number of morpholine rings is 1. The molecule has 2 rings (SSSR count). The third-order valence-electron chi connectivity index (χ3n) is 3.64. The number of rotatable bonds is 5. The van der Waals surface area contributed by atoms with Gasteiger partial charge in [-0.15, -0.1) is 0 Å². The summed E-state index contributed by atoms with van der Waals surface area (Å²) in [6.07, 6.45) is 4.34. The number of ether oxygens (including phenoxy) is 1. The van der Waals surface area contributed by atoms with Gasteiger partial charge in [0.1, 0.15) is 0 Å². The fourth-order valence-corrected chi connectivity index (χ4v) is 2.59. The Labute approximate surface area is 98.0 Å². The van der Waals surface area contributed by atoms with Crippen LogP contribution in [0.4, 0.5) is 0 Å². The largest absolute Gasteiger partial charge is 0.392 e. The number of aliphatic hydroxyl groups excluding tert-OH is 1. The molecule has 1 saturated carbocycles. The van der Waals surface area contributed by atoms with Crippen LogP contribution in [0.25, 0.3) is 0 Å². The molecule has 0 spiro atoms. The number of hydrogen-bond acceptors (Lipinski definition) is 4. The van der Waals surface area contributed by atoms with Gasteiger partial charge in [0.2, 0.25) is 0 Å². The molecule has 2 N–H and O–H groups in total. The second-order valence-corrected chi connectivity index (χ2v) is 4.87. The van der Waals surface area contributed by atoms with E-state index < -0.39 is 0 Å². The molecule has 0 unspecified atom stereocenters. The standard InChI is InChI=1S/C12H24N2O2/c15-12-4-1-3-11(12)13-5-2-6-14-7-9-16-10-8-14/h11-13,15H,1-10H2/t11-,12-/m0/s1. The molecule has 4 nitrogen and oxygen atoms in total. The van der Waals surface area contributed by atoms with Gasteiger partial charge in [-0.05, 0) is 38.8 Å². The van der Waals surface area contributed by atoms with E-state index in [0.29, 0.717) is 6.04 Å². The molecule has 0 bridgehead atoms. The summed E-state index contributed by atoms with van der Waals surface area (Å²) >= 11 is 0. The minimum atomic E-state index is -0.108. The average molecular weight is 228 g/mol. The molecule has 1 aliphatic heterocycles. The Morgan fingerprint density at radius 2 is 2.06 bits per heavy atom. The van der Waals surface area contributed by atoms with Crippen LogP contribution in [-0.4, -0.2) is 61.5 Å². The van der Waals surface area contributed by atoms with Crippen LogP contribution in [0.3, 0.4) is 0 Å². The van der Waals surface area contributed by atoms with Crippen LogP contribution >= 0.6 is 0 Å². The molecule has 0 radical (unpaired) electrons. The van der Waals surface area contributed by atoms with Crippen molar-refractivity contribution in [1.82, 2.24) is 10.2 Å². The quantitative estimate of drug-likeness (QED) is 0.660. The Morgan fingerprint density at radius 1 is 1.25 bits per heavy atom. The van der Waals surface area contributed by atoms with E-state index in [-0.39, 0.29) is 6.10 Å². The van der Waals surface area contributed by atoms with Gasteiger partial charge in [0.25, 0.3) is 0 Å². The van der Waals surface area contributed by atoms with Gasteiger partial charge in [0.05, 0.1) is 19.3 Å². The molecular weight excluding hydrogens is 204 g/mol. The normalized spacial score (nSPS) is 32.1. The van der Waals surface area contributed by atoms with Crippen LogP contribution in [-0.2, 0) is 4.74 Å². The first kappa shape index (κ1) is 12.3. The van der Waals surface area contributed by atoms with Gasteiger partial charge < -0.3 is 15.2 Å². The lowest BCUT2D eigenvalue weighted by Crippen LogP contribution is -2.40. The zero-order chi connectivity index (χ0) is 11.2. The number of hydrogen-bond donors (Lipinski definition) is 2. The molecule has 2 atom stereocenters. The molecule has 0 aromatic heterocycles.